The number of nitrogens with one attached hydrogen (secondary N) is 1. The van der Waals surface area contributed by atoms with Crippen molar-refractivity contribution in [3.8, 4) is 0 Å². The highest BCUT2D eigenvalue weighted by Crippen LogP contribution is 2.26. The van der Waals surface area contributed by atoms with Gasteiger partial charge in [-0.2, -0.15) is 0 Å². The standard InChI is InChI=1S/C14H20N2O2.ClH/c1-14(2,15)9-16-13(17)12-11-6-4-3-5-10(11)7-8-18-12;/h3-6,12H,7-9,15H2,1-2H3,(H,16,17);1H. The van der Waals surface area contributed by atoms with Crippen molar-refractivity contribution >= 4 is 18.3 Å². The van der Waals surface area contributed by atoms with Crippen LogP contribution in [0, 0.1) is 0 Å². The van der Waals surface area contributed by atoms with E-state index in [-0.39, 0.29) is 18.3 Å². The van der Waals surface area contributed by atoms with Gasteiger partial charge in [0.05, 0.1) is 6.61 Å². The van der Waals surface area contributed by atoms with Crippen LogP contribution in [0.3, 0.4) is 0 Å². The van der Waals surface area contributed by atoms with Gasteiger partial charge in [-0.05, 0) is 31.4 Å². The first-order chi connectivity index (χ1) is 8.47. The topological polar surface area (TPSA) is 64.3 Å². The van der Waals surface area contributed by atoms with Crippen molar-refractivity contribution in [1.82, 2.24) is 5.32 Å². The number of benzene rings is 1. The predicted octanol–water partition coefficient (Wildman–Crippen LogP) is 1.58. The number of amides is 1. The van der Waals surface area contributed by atoms with Gasteiger partial charge in [-0.3, -0.25) is 4.79 Å². The van der Waals surface area contributed by atoms with Crippen LogP contribution in [-0.4, -0.2) is 24.6 Å². The molecule has 0 aliphatic carbocycles. The summed E-state index contributed by atoms with van der Waals surface area (Å²) in [5.74, 6) is -0.110. The third kappa shape index (κ3) is 4.20. The Morgan fingerprint density at radius 1 is 1.47 bits per heavy atom. The van der Waals surface area contributed by atoms with Gasteiger partial charge in [-0.15, -0.1) is 12.4 Å². The predicted molar refractivity (Wildman–Crippen MR) is 77.4 cm³/mol. The Bertz CT molecular complexity index is 443. The highest BCUT2D eigenvalue weighted by atomic mass is 35.5. The molecule has 1 aromatic carbocycles. The minimum absolute atomic E-state index is 0. The zero-order chi connectivity index (χ0) is 13.2. The molecule has 1 heterocycles. The number of ether oxygens (including phenoxy) is 1. The summed E-state index contributed by atoms with van der Waals surface area (Å²) in [6.45, 7) is 4.78. The summed E-state index contributed by atoms with van der Waals surface area (Å²) in [5, 5.41) is 2.84. The van der Waals surface area contributed by atoms with E-state index in [9.17, 15) is 4.79 Å². The average Bonchev–Trinajstić information content (AvgIpc) is 2.34. The van der Waals surface area contributed by atoms with E-state index in [0.29, 0.717) is 13.2 Å². The minimum Gasteiger partial charge on any atom is -0.363 e. The number of hydrogen-bond acceptors (Lipinski definition) is 3. The highest BCUT2D eigenvalue weighted by Gasteiger charge is 2.27. The summed E-state index contributed by atoms with van der Waals surface area (Å²) in [6, 6.07) is 7.92. The van der Waals surface area contributed by atoms with Crippen molar-refractivity contribution in [2.24, 2.45) is 5.73 Å². The quantitative estimate of drug-likeness (QED) is 0.886. The molecule has 1 aliphatic heterocycles. The van der Waals surface area contributed by atoms with Gasteiger partial charge >= 0.3 is 0 Å². The van der Waals surface area contributed by atoms with Crippen molar-refractivity contribution in [1.29, 1.82) is 0 Å². The molecular weight excluding hydrogens is 264 g/mol. The molecule has 0 saturated heterocycles. The molecule has 19 heavy (non-hydrogen) atoms. The summed E-state index contributed by atoms with van der Waals surface area (Å²) in [6.07, 6.45) is 0.361. The maximum atomic E-state index is 12.1. The molecule has 0 saturated carbocycles. The van der Waals surface area contributed by atoms with E-state index in [1.807, 2.05) is 38.1 Å². The summed E-state index contributed by atoms with van der Waals surface area (Å²) in [4.78, 5) is 12.1. The molecule has 106 valence electrons. The SMILES string of the molecule is CC(C)(N)CNC(=O)C1OCCc2ccccc21.Cl. The van der Waals surface area contributed by atoms with E-state index < -0.39 is 11.6 Å². The lowest BCUT2D eigenvalue weighted by atomic mass is 9.97. The molecular formula is C14H21ClN2O2. The van der Waals surface area contributed by atoms with Gasteiger partial charge in [0.2, 0.25) is 0 Å². The molecule has 4 nitrogen and oxygen atoms in total. The van der Waals surface area contributed by atoms with E-state index in [2.05, 4.69) is 5.32 Å². The fourth-order valence-corrected chi connectivity index (χ4v) is 2.02. The van der Waals surface area contributed by atoms with Crippen molar-refractivity contribution in [3.05, 3.63) is 35.4 Å². The lowest BCUT2D eigenvalue weighted by Gasteiger charge is -2.27. The third-order valence-electron chi connectivity index (χ3n) is 2.95. The number of carbonyl (C=O) groups is 1. The lowest BCUT2D eigenvalue weighted by Crippen LogP contribution is -2.47. The zero-order valence-electron chi connectivity index (χ0n) is 11.3. The smallest absolute Gasteiger partial charge is 0.253 e. The van der Waals surface area contributed by atoms with Crippen molar-refractivity contribution < 1.29 is 9.53 Å². The van der Waals surface area contributed by atoms with Crippen LogP contribution < -0.4 is 11.1 Å². The summed E-state index contributed by atoms with van der Waals surface area (Å²) in [7, 11) is 0. The monoisotopic (exact) mass is 284 g/mol. The molecule has 1 atom stereocenters. The lowest BCUT2D eigenvalue weighted by molar-refractivity contribution is -0.134. The number of carbonyl (C=O) groups excluding carboxylic acids is 1. The normalized spacial score (nSPS) is 18.2. The van der Waals surface area contributed by atoms with E-state index in [4.69, 9.17) is 10.5 Å². The molecule has 1 aliphatic rings. The maximum absolute atomic E-state index is 12.1. The Kier molecular flexibility index (Phi) is 5.35. The Hall–Kier alpha value is -1.10. The fourth-order valence-electron chi connectivity index (χ4n) is 2.02. The van der Waals surface area contributed by atoms with E-state index in [1.165, 1.54) is 5.56 Å². The van der Waals surface area contributed by atoms with Gasteiger partial charge in [-0.25, -0.2) is 0 Å². The molecule has 0 radical (unpaired) electrons. The van der Waals surface area contributed by atoms with E-state index in [1.54, 1.807) is 0 Å². The zero-order valence-corrected chi connectivity index (χ0v) is 12.1. The largest absolute Gasteiger partial charge is 0.363 e. The Morgan fingerprint density at radius 3 is 2.84 bits per heavy atom. The molecule has 0 bridgehead atoms. The Labute approximate surface area is 120 Å². The van der Waals surface area contributed by atoms with Crippen LogP contribution in [0.1, 0.15) is 31.1 Å². The summed E-state index contributed by atoms with van der Waals surface area (Å²) in [5.41, 5.74) is 7.60. The van der Waals surface area contributed by atoms with Gasteiger partial charge < -0.3 is 15.8 Å². The van der Waals surface area contributed by atoms with Crippen molar-refractivity contribution in [2.75, 3.05) is 13.2 Å². The molecule has 1 amide bonds. The van der Waals surface area contributed by atoms with Crippen LogP contribution in [0.2, 0.25) is 0 Å². The molecule has 0 aromatic heterocycles. The van der Waals surface area contributed by atoms with Gasteiger partial charge in [0, 0.05) is 12.1 Å². The van der Waals surface area contributed by atoms with Crippen LogP contribution in [0.4, 0.5) is 0 Å². The van der Waals surface area contributed by atoms with Crippen LogP contribution in [0.5, 0.6) is 0 Å². The highest BCUT2D eigenvalue weighted by molar-refractivity contribution is 5.85. The molecule has 0 fully saturated rings. The average molecular weight is 285 g/mol. The van der Waals surface area contributed by atoms with Crippen LogP contribution in [-0.2, 0) is 16.0 Å². The number of hydrogen-bond donors (Lipinski definition) is 2. The number of fused-ring (bicyclic) bond motifs is 1. The second kappa shape index (κ2) is 6.37. The second-order valence-electron chi connectivity index (χ2n) is 5.41. The Morgan fingerprint density at radius 2 is 2.16 bits per heavy atom. The summed E-state index contributed by atoms with van der Waals surface area (Å²) >= 11 is 0. The van der Waals surface area contributed by atoms with Gasteiger partial charge in [-0.1, -0.05) is 24.3 Å². The van der Waals surface area contributed by atoms with Gasteiger partial charge in [0.25, 0.3) is 5.91 Å². The van der Waals surface area contributed by atoms with Gasteiger partial charge in [0.15, 0.2) is 6.10 Å². The molecule has 2 rings (SSSR count). The second-order valence-corrected chi connectivity index (χ2v) is 5.41. The molecule has 1 aromatic rings. The first-order valence-electron chi connectivity index (χ1n) is 6.23. The third-order valence-corrected chi connectivity index (χ3v) is 2.95. The molecule has 1 unspecified atom stereocenters. The minimum atomic E-state index is -0.503. The van der Waals surface area contributed by atoms with Crippen LogP contribution in [0.25, 0.3) is 0 Å². The van der Waals surface area contributed by atoms with E-state index >= 15 is 0 Å². The number of halogens is 1. The van der Waals surface area contributed by atoms with Crippen molar-refractivity contribution in [3.63, 3.8) is 0 Å². The van der Waals surface area contributed by atoms with Gasteiger partial charge in [0.1, 0.15) is 0 Å². The Balaban J connectivity index is 0.00000180. The maximum Gasteiger partial charge on any atom is 0.253 e. The number of nitrogens with two attached hydrogens (primary N) is 1. The number of rotatable bonds is 3. The molecule has 3 N–H and O–H groups in total. The first-order valence-corrected chi connectivity index (χ1v) is 6.23. The van der Waals surface area contributed by atoms with E-state index in [0.717, 1.165) is 12.0 Å². The van der Waals surface area contributed by atoms with Crippen LogP contribution in [0.15, 0.2) is 24.3 Å². The van der Waals surface area contributed by atoms with Crippen LogP contribution >= 0.6 is 12.4 Å². The molecule has 5 heteroatoms. The van der Waals surface area contributed by atoms with Crippen molar-refractivity contribution in [2.45, 2.75) is 31.9 Å². The summed E-state index contributed by atoms with van der Waals surface area (Å²) < 4.78 is 5.58. The molecule has 0 spiro atoms. The fraction of sp³-hybridized carbons (Fsp3) is 0.500. The first kappa shape index (κ1) is 16.0.